The summed E-state index contributed by atoms with van der Waals surface area (Å²) >= 11 is 0. The van der Waals surface area contributed by atoms with Crippen molar-refractivity contribution in [1.29, 1.82) is 0 Å². The predicted octanol–water partition coefficient (Wildman–Crippen LogP) is -3.27. The Morgan fingerprint density at radius 1 is 0.500 bits per heavy atom. The summed E-state index contributed by atoms with van der Waals surface area (Å²) in [7, 11) is 0. The normalized spacial score (nSPS) is 57.6. The maximum Gasteiger partial charge on any atom is 0.115 e. The van der Waals surface area contributed by atoms with Gasteiger partial charge in [0.2, 0.25) is 0 Å². The van der Waals surface area contributed by atoms with Crippen molar-refractivity contribution in [3.05, 3.63) is 0 Å². The van der Waals surface area contributed by atoms with Crippen molar-refractivity contribution in [2.75, 3.05) is 0 Å². The van der Waals surface area contributed by atoms with Crippen molar-refractivity contribution in [3.8, 4) is 0 Å². The predicted molar refractivity (Wildman–Crippen MR) is 64.7 cm³/mol. The Balaban J connectivity index is 2.17. The first-order chi connectivity index (χ1) is 9.25. The van der Waals surface area contributed by atoms with Crippen LogP contribution >= 0.6 is 0 Å². The number of aliphatic hydroxyl groups excluding tert-OH is 6. The van der Waals surface area contributed by atoms with Crippen LogP contribution in [-0.2, 0) is 9.47 Å². The maximum atomic E-state index is 9.96. The van der Waals surface area contributed by atoms with Gasteiger partial charge in [-0.05, 0) is 13.8 Å². The molecule has 1 unspecified atom stereocenters. The van der Waals surface area contributed by atoms with Crippen LogP contribution < -0.4 is 0 Å². The van der Waals surface area contributed by atoms with Gasteiger partial charge in [-0.2, -0.15) is 0 Å². The van der Waals surface area contributed by atoms with Gasteiger partial charge in [-0.3, -0.25) is 0 Å². The lowest BCUT2D eigenvalue weighted by molar-refractivity contribution is -0.292. The quantitative estimate of drug-likeness (QED) is 0.296. The molecule has 0 aromatic rings. The molecule has 6 N–H and O–H groups in total. The molecule has 8 nitrogen and oxygen atoms in total. The zero-order valence-corrected chi connectivity index (χ0v) is 11.3. The van der Waals surface area contributed by atoms with E-state index in [1.54, 1.807) is 0 Å². The lowest BCUT2D eigenvalue weighted by atomic mass is 9.86. The second-order valence-electron chi connectivity index (χ2n) is 5.56. The van der Waals surface area contributed by atoms with Crippen LogP contribution in [0.15, 0.2) is 0 Å². The lowest BCUT2D eigenvalue weighted by Gasteiger charge is -2.47. The molecule has 0 radical (unpaired) electrons. The summed E-state index contributed by atoms with van der Waals surface area (Å²) < 4.78 is 10.8. The molecule has 0 spiro atoms. The third-order valence-electron chi connectivity index (χ3n) is 4.10. The molecule has 2 aliphatic rings. The Bertz CT molecular complexity index is 307. The summed E-state index contributed by atoms with van der Waals surface area (Å²) in [5, 5.41) is 58.7. The van der Waals surface area contributed by atoms with Gasteiger partial charge in [0.25, 0.3) is 0 Å². The third-order valence-corrected chi connectivity index (χ3v) is 4.10. The minimum atomic E-state index is -1.48. The van der Waals surface area contributed by atoms with E-state index in [0.29, 0.717) is 0 Å². The number of rotatable bonds is 1. The number of hydrogen-bond donors (Lipinski definition) is 6. The van der Waals surface area contributed by atoms with E-state index in [4.69, 9.17) is 9.47 Å². The van der Waals surface area contributed by atoms with Gasteiger partial charge in [0.15, 0.2) is 0 Å². The Morgan fingerprint density at radius 2 is 0.800 bits per heavy atom. The van der Waals surface area contributed by atoms with E-state index in [-0.39, 0.29) is 0 Å². The fraction of sp³-hybridized carbons (Fsp3) is 1.00. The van der Waals surface area contributed by atoms with Crippen LogP contribution in [0.25, 0.3) is 0 Å². The molecule has 0 bridgehead atoms. The molecule has 0 saturated carbocycles. The topological polar surface area (TPSA) is 140 Å². The minimum Gasteiger partial charge on any atom is -0.388 e. The Kier molecular flexibility index (Phi) is 4.67. The zero-order valence-electron chi connectivity index (χ0n) is 11.3. The van der Waals surface area contributed by atoms with Gasteiger partial charge in [0.1, 0.15) is 48.8 Å². The van der Waals surface area contributed by atoms with E-state index in [1.807, 2.05) is 0 Å². The van der Waals surface area contributed by atoms with E-state index >= 15 is 0 Å². The molecule has 118 valence electrons. The summed E-state index contributed by atoms with van der Waals surface area (Å²) in [6.07, 6.45) is -12.1. The Labute approximate surface area is 116 Å². The van der Waals surface area contributed by atoms with Crippen molar-refractivity contribution in [1.82, 2.24) is 0 Å². The van der Waals surface area contributed by atoms with Gasteiger partial charge in [0, 0.05) is 0 Å². The highest BCUT2D eigenvalue weighted by molar-refractivity contribution is 5.01. The molecule has 2 aliphatic heterocycles. The van der Waals surface area contributed by atoms with Gasteiger partial charge in [-0.25, -0.2) is 0 Å². The van der Waals surface area contributed by atoms with E-state index in [9.17, 15) is 30.6 Å². The van der Waals surface area contributed by atoms with Gasteiger partial charge in [-0.1, -0.05) is 0 Å². The molecule has 0 aliphatic carbocycles. The summed E-state index contributed by atoms with van der Waals surface area (Å²) in [6.45, 7) is 3.02. The van der Waals surface area contributed by atoms with E-state index in [0.717, 1.165) is 0 Å². The molecule has 10 atom stereocenters. The first kappa shape index (κ1) is 16.1. The Morgan fingerprint density at radius 3 is 1.10 bits per heavy atom. The molecule has 0 aromatic heterocycles. The number of aliphatic hydroxyl groups is 6. The van der Waals surface area contributed by atoms with Crippen LogP contribution in [0, 0.1) is 0 Å². The SMILES string of the molecule is C[C@@H]1O[C@@H](C2O[C@@H](C)[C@H](O)[C@@H](O)[C@H]2O)[C@H](O)[C@H](O)[C@H]1O. The van der Waals surface area contributed by atoms with Crippen molar-refractivity contribution in [2.45, 2.75) is 74.9 Å². The minimum absolute atomic E-state index is 0.770. The second kappa shape index (κ2) is 5.82. The summed E-state index contributed by atoms with van der Waals surface area (Å²) in [5.74, 6) is 0. The number of ether oxygens (including phenoxy) is 2. The van der Waals surface area contributed by atoms with E-state index in [1.165, 1.54) is 13.8 Å². The molecule has 2 rings (SSSR count). The first-order valence-corrected chi connectivity index (χ1v) is 6.65. The molecule has 2 fully saturated rings. The smallest absolute Gasteiger partial charge is 0.115 e. The van der Waals surface area contributed by atoms with Crippen LogP contribution in [0.4, 0.5) is 0 Å². The molecular formula is C12H22O8. The van der Waals surface area contributed by atoms with Crippen LogP contribution in [0.3, 0.4) is 0 Å². The van der Waals surface area contributed by atoms with Crippen molar-refractivity contribution in [2.24, 2.45) is 0 Å². The summed E-state index contributed by atoms with van der Waals surface area (Å²) in [4.78, 5) is 0. The van der Waals surface area contributed by atoms with Gasteiger partial charge in [-0.15, -0.1) is 0 Å². The highest BCUT2D eigenvalue weighted by atomic mass is 16.6. The molecular weight excluding hydrogens is 272 g/mol. The van der Waals surface area contributed by atoms with Crippen LogP contribution in [0.2, 0.25) is 0 Å². The summed E-state index contributed by atoms with van der Waals surface area (Å²) in [6, 6.07) is 0. The fourth-order valence-corrected chi connectivity index (χ4v) is 2.71. The lowest BCUT2D eigenvalue weighted by Crippen LogP contribution is -2.67. The number of hydrogen-bond acceptors (Lipinski definition) is 8. The largest absolute Gasteiger partial charge is 0.388 e. The highest BCUT2D eigenvalue weighted by Gasteiger charge is 2.52. The first-order valence-electron chi connectivity index (χ1n) is 6.65. The average molecular weight is 294 g/mol. The van der Waals surface area contributed by atoms with Crippen LogP contribution in [-0.4, -0.2) is 91.7 Å². The zero-order chi connectivity index (χ0) is 15.2. The molecule has 0 amide bonds. The van der Waals surface area contributed by atoms with Crippen molar-refractivity contribution >= 4 is 0 Å². The third kappa shape index (κ3) is 2.58. The van der Waals surface area contributed by atoms with Gasteiger partial charge < -0.3 is 40.1 Å². The second-order valence-corrected chi connectivity index (χ2v) is 5.56. The molecule has 0 aromatic carbocycles. The maximum absolute atomic E-state index is 9.96. The molecule has 2 heterocycles. The van der Waals surface area contributed by atoms with Crippen molar-refractivity contribution < 1.29 is 40.1 Å². The van der Waals surface area contributed by atoms with Gasteiger partial charge in [0.05, 0.1) is 12.2 Å². The van der Waals surface area contributed by atoms with Crippen LogP contribution in [0.5, 0.6) is 0 Å². The summed E-state index contributed by atoms with van der Waals surface area (Å²) in [5.41, 5.74) is 0. The monoisotopic (exact) mass is 294 g/mol. The molecule has 8 heteroatoms. The molecule has 20 heavy (non-hydrogen) atoms. The highest BCUT2D eigenvalue weighted by Crippen LogP contribution is 2.30. The average Bonchev–Trinajstić information content (AvgIpc) is 2.42. The van der Waals surface area contributed by atoms with Crippen LogP contribution in [0.1, 0.15) is 13.8 Å². The fourth-order valence-electron chi connectivity index (χ4n) is 2.71. The van der Waals surface area contributed by atoms with E-state index in [2.05, 4.69) is 0 Å². The Hall–Kier alpha value is -0.320. The van der Waals surface area contributed by atoms with Crippen molar-refractivity contribution in [3.63, 3.8) is 0 Å². The molecule has 2 saturated heterocycles. The van der Waals surface area contributed by atoms with E-state index < -0.39 is 61.0 Å². The van der Waals surface area contributed by atoms with Gasteiger partial charge >= 0.3 is 0 Å². The standard InChI is InChI=1S/C12H22O8/c1-3-5(13)7(15)9(17)11(19-3)12-10(18)8(16)6(14)4(2)20-12/h3-18H,1-2H3/t3-,4-,5-,6-,7+,8+,9+,10+,11+,12?/m0/s1.